The first-order valence-corrected chi connectivity index (χ1v) is 9.71. The van der Waals surface area contributed by atoms with E-state index in [4.69, 9.17) is 4.74 Å². The Labute approximate surface area is 185 Å². The second-order valence-electron chi connectivity index (χ2n) is 6.88. The molecule has 0 saturated carbocycles. The van der Waals surface area contributed by atoms with Gasteiger partial charge in [0.15, 0.2) is 6.61 Å². The molecular weight excluding hydrogens is 409 g/mol. The molecule has 7 heteroatoms. The van der Waals surface area contributed by atoms with E-state index < -0.39 is 17.6 Å². The van der Waals surface area contributed by atoms with Crippen LogP contribution in [-0.2, 0) is 9.59 Å². The molecule has 0 aromatic heterocycles. The molecule has 0 radical (unpaired) electrons. The summed E-state index contributed by atoms with van der Waals surface area (Å²) >= 11 is 0. The molecular formula is C25H20FN3O3. The Kier molecular flexibility index (Phi) is 7.33. The van der Waals surface area contributed by atoms with Gasteiger partial charge in [-0.2, -0.15) is 5.26 Å². The predicted molar refractivity (Wildman–Crippen MR) is 120 cm³/mol. The molecule has 0 aliphatic rings. The molecule has 6 nitrogen and oxygen atoms in total. The molecule has 0 unspecified atom stereocenters. The van der Waals surface area contributed by atoms with Crippen LogP contribution in [0.15, 0.2) is 78.4 Å². The lowest BCUT2D eigenvalue weighted by Crippen LogP contribution is -2.20. The first-order valence-electron chi connectivity index (χ1n) is 9.71. The van der Waals surface area contributed by atoms with Gasteiger partial charge < -0.3 is 15.4 Å². The zero-order valence-electron chi connectivity index (χ0n) is 17.3. The van der Waals surface area contributed by atoms with Crippen LogP contribution >= 0.6 is 0 Å². The highest BCUT2D eigenvalue weighted by molar-refractivity contribution is 6.09. The molecule has 0 aliphatic heterocycles. The molecule has 0 spiro atoms. The number of halogens is 1. The van der Waals surface area contributed by atoms with Crippen LogP contribution in [0.4, 0.5) is 15.8 Å². The van der Waals surface area contributed by atoms with Gasteiger partial charge in [-0.25, -0.2) is 4.39 Å². The third-order valence-corrected chi connectivity index (χ3v) is 4.35. The average Bonchev–Trinajstić information content (AvgIpc) is 2.78. The highest BCUT2D eigenvalue weighted by atomic mass is 19.1. The first-order chi connectivity index (χ1) is 15.4. The maximum atomic E-state index is 13.6. The van der Waals surface area contributed by atoms with Crippen LogP contribution in [0.25, 0.3) is 6.08 Å². The van der Waals surface area contributed by atoms with Gasteiger partial charge in [-0.1, -0.05) is 36.4 Å². The number of aryl methyl sites for hydroxylation is 1. The van der Waals surface area contributed by atoms with Crippen molar-refractivity contribution in [3.8, 4) is 11.8 Å². The standard InChI is InChI=1S/C25H20FN3O3/c1-17-5-4-6-20(13-17)28-25(31)19(15-27)14-18-9-11-21(12-10-18)32-16-24(30)29-23-8-3-2-7-22(23)26/h2-14H,16H2,1H3,(H,28,31)(H,29,30)/b19-14+. The van der Waals surface area contributed by atoms with Crippen molar-refractivity contribution < 1.29 is 18.7 Å². The Hall–Kier alpha value is -4.44. The molecule has 2 amide bonds. The molecule has 2 N–H and O–H groups in total. The number of carbonyl (C=O) groups excluding carboxylic acids is 2. The largest absolute Gasteiger partial charge is 0.484 e. The van der Waals surface area contributed by atoms with Crippen molar-refractivity contribution in [2.45, 2.75) is 6.92 Å². The van der Waals surface area contributed by atoms with Crippen LogP contribution in [0.1, 0.15) is 11.1 Å². The Bertz CT molecular complexity index is 1200. The van der Waals surface area contributed by atoms with Crippen molar-refractivity contribution in [3.05, 3.63) is 95.3 Å². The van der Waals surface area contributed by atoms with Crippen molar-refractivity contribution in [1.82, 2.24) is 0 Å². The van der Waals surface area contributed by atoms with E-state index in [-0.39, 0.29) is 17.9 Å². The number of anilines is 2. The number of nitrogens with zero attached hydrogens (tertiary/aromatic N) is 1. The Morgan fingerprint density at radius 2 is 1.78 bits per heavy atom. The van der Waals surface area contributed by atoms with E-state index in [0.717, 1.165) is 5.56 Å². The predicted octanol–water partition coefficient (Wildman–Crippen LogP) is 4.70. The second-order valence-corrected chi connectivity index (χ2v) is 6.88. The maximum absolute atomic E-state index is 13.6. The molecule has 3 rings (SSSR count). The minimum atomic E-state index is -0.531. The van der Waals surface area contributed by atoms with Gasteiger partial charge in [-0.3, -0.25) is 9.59 Å². The number of ether oxygens (including phenoxy) is 1. The number of hydrogen-bond acceptors (Lipinski definition) is 4. The van der Waals surface area contributed by atoms with Crippen molar-refractivity contribution in [2.75, 3.05) is 17.2 Å². The number of nitrogens with one attached hydrogen (secondary N) is 2. The molecule has 160 valence electrons. The van der Waals surface area contributed by atoms with Crippen LogP contribution in [-0.4, -0.2) is 18.4 Å². The molecule has 0 heterocycles. The topological polar surface area (TPSA) is 91.2 Å². The van der Waals surface area contributed by atoms with E-state index in [9.17, 15) is 19.2 Å². The summed E-state index contributed by atoms with van der Waals surface area (Å²) < 4.78 is 19.0. The molecule has 0 fully saturated rings. The highest BCUT2D eigenvalue weighted by Crippen LogP contribution is 2.17. The normalized spacial score (nSPS) is 10.7. The lowest BCUT2D eigenvalue weighted by atomic mass is 10.1. The maximum Gasteiger partial charge on any atom is 0.266 e. The number of amides is 2. The molecule has 0 bridgehead atoms. The Morgan fingerprint density at radius 1 is 1.03 bits per heavy atom. The quantitative estimate of drug-likeness (QED) is 0.421. The Balaban J connectivity index is 1.58. The average molecular weight is 429 g/mol. The van der Waals surface area contributed by atoms with Crippen LogP contribution in [0, 0.1) is 24.1 Å². The van der Waals surface area contributed by atoms with E-state index in [1.807, 2.05) is 25.1 Å². The summed E-state index contributed by atoms with van der Waals surface area (Å²) in [6.45, 7) is 1.61. The van der Waals surface area contributed by atoms with E-state index in [2.05, 4.69) is 10.6 Å². The van der Waals surface area contributed by atoms with Crippen LogP contribution in [0.5, 0.6) is 5.75 Å². The minimum Gasteiger partial charge on any atom is -0.484 e. The zero-order chi connectivity index (χ0) is 22.9. The molecule has 3 aromatic carbocycles. The van der Waals surface area contributed by atoms with Gasteiger partial charge in [-0.05, 0) is 60.5 Å². The van der Waals surface area contributed by atoms with Crippen LogP contribution in [0.3, 0.4) is 0 Å². The third kappa shape index (κ3) is 6.28. The summed E-state index contributed by atoms with van der Waals surface area (Å²) in [6, 6.07) is 21.5. The summed E-state index contributed by atoms with van der Waals surface area (Å²) in [5, 5.41) is 14.5. The van der Waals surface area contributed by atoms with Crippen LogP contribution in [0.2, 0.25) is 0 Å². The van der Waals surface area contributed by atoms with Gasteiger partial charge in [0.05, 0.1) is 5.69 Å². The number of hydrogen-bond donors (Lipinski definition) is 2. The summed E-state index contributed by atoms with van der Waals surface area (Å²) in [5.74, 6) is -1.13. The lowest BCUT2D eigenvalue weighted by molar-refractivity contribution is -0.118. The van der Waals surface area contributed by atoms with E-state index >= 15 is 0 Å². The molecule has 0 atom stereocenters. The number of benzene rings is 3. The van der Waals surface area contributed by atoms with Crippen LogP contribution < -0.4 is 15.4 Å². The van der Waals surface area contributed by atoms with Gasteiger partial charge in [0, 0.05) is 5.69 Å². The molecule has 3 aromatic rings. The SMILES string of the molecule is Cc1cccc(NC(=O)/C(C#N)=C/c2ccc(OCC(=O)Nc3ccccc3F)cc2)c1. The number of para-hydroxylation sites is 1. The van der Waals surface area contributed by atoms with Gasteiger partial charge in [0.2, 0.25) is 0 Å². The fourth-order valence-corrected chi connectivity index (χ4v) is 2.79. The third-order valence-electron chi connectivity index (χ3n) is 4.35. The molecule has 32 heavy (non-hydrogen) atoms. The van der Waals surface area contributed by atoms with E-state index in [1.54, 1.807) is 42.5 Å². The summed E-state index contributed by atoms with van der Waals surface area (Å²) in [6.07, 6.45) is 1.46. The Morgan fingerprint density at radius 3 is 2.47 bits per heavy atom. The zero-order valence-corrected chi connectivity index (χ0v) is 17.3. The van der Waals surface area contributed by atoms with Gasteiger partial charge in [-0.15, -0.1) is 0 Å². The van der Waals surface area contributed by atoms with Crippen molar-refractivity contribution in [2.24, 2.45) is 0 Å². The van der Waals surface area contributed by atoms with Gasteiger partial charge in [0.25, 0.3) is 11.8 Å². The van der Waals surface area contributed by atoms with E-state index in [1.165, 1.54) is 24.3 Å². The first kappa shape index (κ1) is 22.2. The monoisotopic (exact) mass is 429 g/mol. The molecule has 0 aliphatic carbocycles. The summed E-state index contributed by atoms with van der Waals surface area (Å²) in [7, 11) is 0. The smallest absolute Gasteiger partial charge is 0.266 e. The van der Waals surface area contributed by atoms with E-state index in [0.29, 0.717) is 17.0 Å². The minimum absolute atomic E-state index is 0.0514. The molecule has 0 saturated heterocycles. The number of rotatable bonds is 7. The lowest BCUT2D eigenvalue weighted by Gasteiger charge is -2.08. The van der Waals surface area contributed by atoms with Gasteiger partial charge >= 0.3 is 0 Å². The summed E-state index contributed by atoms with van der Waals surface area (Å²) in [5.41, 5.74) is 2.24. The number of carbonyl (C=O) groups is 2. The van der Waals surface area contributed by atoms with Gasteiger partial charge in [0.1, 0.15) is 23.2 Å². The summed E-state index contributed by atoms with van der Waals surface area (Å²) in [4.78, 5) is 24.3. The van der Waals surface area contributed by atoms with Crippen molar-refractivity contribution in [3.63, 3.8) is 0 Å². The fraction of sp³-hybridized carbons (Fsp3) is 0.0800. The highest BCUT2D eigenvalue weighted by Gasteiger charge is 2.10. The second kappa shape index (κ2) is 10.5. The van der Waals surface area contributed by atoms with Crippen molar-refractivity contribution in [1.29, 1.82) is 5.26 Å². The number of nitriles is 1. The fourth-order valence-electron chi connectivity index (χ4n) is 2.79. The van der Waals surface area contributed by atoms with Crippen molar-refractivity contribution >= 4 is 29.3 Å².